The molecule has 1 aliphatic rings. The quantitative estimate of drug-likeness (QED) is 0.881. The predicted octanol–water partition coefficient (Wildman–Crippen LogP) is 3.58. The number of ether oxygens (including phenoxy) is 1. The first-order valence-electron chi connectivity index (χ1n) is 8.39. The first kappa shape index (κ1) is 16.3. The molecule has 0 aliphatic carbocycles. The highest BCUT2D eigenvalue weighted by atomic mass is 16.5. The minimum Gasteiger partial charge on any atom is -0.445 e. The number of aromatic nitrogens is 1. The Hall–Kier alpha value is -2.56. The summed E-state index contributed by atoms with van der Waals surface area (Å²) in [5, 5.41) is 0. The third kappa shape index (κ3) is 3.50. The number of nitrogens with two attached hydrogens (primary N) is 1. The second kappa shape index (κ2) is 7.34. The van der Waals surface area contributed by atoms with Crippen molar-refractivity contribution in [1.82, 2.24) is 4.98 Å². The highest BCUT2D eigenvalue weighted by molar-refractivity contribution is 5.65. The van der Waals surface area contributed by atoms with Gasteiger partial charge in [-0.25, -0.2) is 4.79 Å². The fourth-order valence-corrected chi connectivity index (χ4v) is 3.41. The van der Waals surface area contributed by atoms with E-state index in [4.69, 9.17) is 10.5 Å². The zero-order valence-corrected chi connectivity index (χ0v) is 13.9. The van der Waals surface area contributed by atoms with Crippen LogP contribution in [0.3, 0.4) is 0 Å². The molecule has 0 fully saturated rings. The summed E-state index contributed by atoms with van der Waals surface area (Å²) < 4.78 is 4.89. The molecule has 1 atom stereocenters. The number of anilines is 1. The number of carbonyl (C=O) groups excluding carboxylic acids is 1. The molecule has 5 heteroatoms. The summed E-state index contributed by atoms with van der Waals surface area (Å²) in [7, 11) is 0. The van der Waals surface area contributed by atoms with Gasteiger partial charge in [0.25, 0.3) is 0 Å². The molecule has 1 unspecified atom stereocenters. The molecule has 0 radical (unpaired) electrons. The van der Waals surface area contributed by atoms with Crippen LogP contribution in [0.25, 0.3) is 0 Å². The van der Waals surface area contributed by atoms with Gasteiger partial charge >= 0.3 is 6.09 Å². The van der Waals surface area contributed by atoms with Gasteiger partial charge in [0.05, 0.1) is 6.04 Å². The molecule has 0 spiro atoms. The van der Waals surface area contributed by atoms with E-state index in [0.29, 0.717) is 6.04 Å². The largest absolute Gasteiger partial charge is 0.445 e. The molecular weight excluding hydrogens is 302 g/mol. The second-order valence-electron chi connectivity index (χ2n) is 6.10. The second-order valence-corrected chi connectivity index (χ2v) is 6.10. The molecule has 5 nitrogen and oxygen atoms in total. The predicted molar refractivity (Wildman–Crippen MR) is 93.8 cm³/mol. The highest BCUT2D eigenvalue weighted by Gasteiger charge is 2.26. The Balaban J connectivity index is 1.83. The summed E-state index contributed by atoms with van der Waals surface area (Å²) >= 11 is 0. The van der Waals surface area contributed by atoms with Crippen LogP contribution in [0, 0.1) is 0 Å². The van der Waals surface area contributed by atoms with Crippen molar-refractivity contribution in [3.63, 3.8) is 0 Å². The van der Waals surface area contributed by atoms with E-state index < -0.39 is 6.09 Å². The molecule has 2 N–H and O–H groups in total. The number of amides is 1. The summed E-state index contributed by atoms with van der Waals surface area (Å²) in [6.07, 6.45) is 6.22. The topological polar surface area (TPSA) is 68.5 Å². The van der Waals surface area contributed by atoms with E-state index >= 15 is 0 Å². The van der Waals surface area contributed by atoms with Gasteiger partial charge in [-0.1, -0.05) is 25.5 Å². The van der Waals surface area contributed by atoms with Gasteiger partial charge in [-0.15, -0.1) is 0 Å². The van der Waals surface area contributed by atoms with Crippen molar-refractivity contribution in [2.24, 2.45) is 5.73 Å². The Kier molecular flexibility index (Phi) is 4.99. The monoisotopic (exact) mass is 325 g/mol. The number of fused-ring (bicyclic) bond motifs is 1. The van der Waals surface area contributed by atoms with Gasteiger partial charge in [0.1, 0.15) is 6.61 Å². The number of hydrogen-bond acceptors (Lipinski definition) is 4. The van der Waals surface area contributed by atoms with Gasteiger partial charge < -0.3 is 15.4 Å². The van der Waals surface area contributed by atoms with Gasteiger partial charge in [-0.2, -0.15) is 0 Å². The van der Waals surface area contributed by atoms with Crippen LogP contribution >= 0.6 is 0 Å². The van der Waals surface area contributed by atoms with Crippen molar-refractivity contribution in [3.05, 3.63) is 59.4 Å². The molecule has 126 valence electrons. The maximum atomic E-state index is 10.8. The Bertz CT molecular complexity index is 703. The van der Waals surface area contributed by atoms with Gasteiger partial charge in [0.15, 0.2) is 0 Å². The van der Waals surface area contributed by atoms with Crippen LogP contribution in [0.1, 0.15) is 42.5 Å². The SMILES string of the molecule is CCCC(c1ccncc1)N1CCc2cc(COC(N)=O)ccc21. The van der Waals surface area contributed by atoms with E-state index in [-0.39, 0.29) is 6.61 Å². The van der Waals surface area contributed by atoms with Crippen molar-refractivity contribution in [2.75, 3.05) is 11.4 Å². The molecule has 1 aromatic heterocycles. The molecule has 0 saturated carbocycles. The maximum Gasteiger partial charge on any atom is 0.404 e. The number of benzene rings is 1. The van der Waals surface area contributed by atoms with Gasteiger partial charge in [0.2, 0.25) is 0 Å². The smallest absolute Gasteiger partial charge is 0.404 e. The summed E-state index contributed by atoms with van der Waals surface area (Å²) in [4.78, 5) is 17.4. The highest BCUT2D eigenvalue weighted by Crippen LogP contribution is 2.37. The fourth-order valence-electron chi connectivity index (χ4n) is 3.41. The standard InChI is InChI=1S/C19H23N3O2/c1-2-3-17(15-6-9-21-10-7-15)22-11-8-16-12-14(4-5-18(16)22)13-24-19(20)23/h4-7,9-10,12,17H,2-3,8,11,13H2,1H3,(H2,20,23). The number of nitrogens with zero attached hydrogens (tertiary/aromatic N) is 2. The zero-order valence-electron chi connectivity index (χ0n) is 13.9. The maximum absolute atomic E-state index is 10.8. The third-order valence-corrected chi connectivity index (χ3v) is 4.49. The van der Waals surface area contributed by atoms with Crippen LogP contribution in [0.2, 0.25) is 0 Å². The van der Waals surface area contributed by atoms with Crippen molar-refractivity contribution in [3.8, 4) is 0 Å². The van der Waals surface area contributed by atoms with Gasteiger partial charge in [-0.3, -0.25) is 4.98 Å². The van der Waals surface area contributed by atoms with Crippen molar-refractivity contribution < 1.29 is 9.53 Å². The lowest BCUT2D eigenvalue weighted by atomic mass is 10.0. The van der Waals surface area contributed by atoms with Crippen LogP contribution in [-0.2, 0) is 17.8 Å². The lowest BCUT2D eigenvalue weighted by molar-refractivity contribution is 0.150. The van der Waals surface area contributed by atoms with E-state index in [2.05, 4.69) is 41.1 Å². The number of hydrogen-bond donors (Lipinski definition) is 1. The molecule has 1 amide bonds. The van der Waals surface area contributed by atoms with Crippen LogP contribution in [0.4, 0.5) is 10.5 Å². The number of rotatable bonds is 6. The van der Waals surface area contributed by atoms with E-state index in [9.17, 15) is 4.79 Å². The van der Waals surface area contributed by atoms with Crippen molar-refractivity contribution >= 4 is 11.8 Å². The first-order valence-corrected chi connectivity index (χ1v) is 8.39. The molecule has 0 saturated heterocycles. The third-order valence-electron chi connectivity index (χ3n) is 4.49. The molecule has 2 heterocycles. The average Bonchev–Trinajstić information content (AvgIpc) is 3.01. The van der Waals surface area contributed by atoms with Crippen LogP contribution in [0.5, 0.6) is 0 Å². The Labute approximate surface area is 142 Å². The Morgan fingerprint density at radius 3 is 2.83 bits per heavy atom. The lowest BCUT2D eigenvalue weighted by Gasteiger charge is -2.30. The van der Waals surface area contributed by atoms with Crippen LogP contribution < -0.4 is 10.6 Å². The fraction of sp³-hybridized carbons (Fsp3) is 0.368. The summed E-state index contributed by atoms with van der Waals surface area (Å²) in [6, 6.07) is 10.8. The van der Waals surface area contributed by atoms with E-state index in [1.54, 1.807) is 0 Å². The summed E-state index contributed by atoms with van der Waals surface area (Å²) in [5.74, 6) is 0. The molecule has 3 rings (SSSR count). The van der Waals surface area contributed by atoms with Crippen molar-refractivity contribution in [2.45, 2.75) is 38.8 Å². The summed E-state index contributed by atoms with van der Waals surface area (Å²) in [6.45, 7) is 3.45. The molecule has 24 heavy (non-hydrogen) atoms. The average molecular weight is 325 g/mol. The number of pyridine rings is 1. The van der Waals surface area contributed by atoms with Crippen LogP contribution in [-0.4, -0.2) is 17.6 Å². The van der Waals surface area contributed by atoms with Crippen LogP contribution in [0.15, 0.2) is 42.7 Å². The zero-order chi connectivity index (χ0) is 16.9. The minimum atomic E-state index is -0.738. The Morgan fingerprint density at radius 1 is 1.33 bits per heavy atom. The van der Waals surface area contributed by atoms with E-state index in [1.807, 2.05) is 18.5 Å². The summed E-state index contributed by atoms with van der Waals surface area (Å²) in [5.41, 5.74) is 9.89. The van der Waals surface area contributed by atoms with Gasteiger partial charge in [-0.05, 0) is 47.7 Å². The van der Waals surface area contributed by atoms with E-state index in [0.717, 1.165) is 31.4 Å². The molecule has 1 aliphatic heterocycles. The van der Waals surface area contributed by atoms with Gasteiger partial charge in [0, 0.05) is 24.6 Å². The minimum absolute atomic E-state index is 0.228. The Morgan fingerprint density at radius 2 is 2.12 bits per heavy atom. The molecule has 2 aromatic rings. The lowest BCUT2D eigenvalue weighted by Crippen LogP contribution is -2.26. The number of carbonyl (C=O) groups is 1. The molecule has 1 aromatic carbocycles. The first-order chi connectivity index (χ1) is 11.7. The van der Waals surface area contributed by atoms with Crippen molar-refractivity contribution in [1.29, 1.82) is 0 Å². The molecule has 0 bridgehead atoms. The molecular formula is C19H23N3O2. The number of primary amides is 1. The normalized spacial score (nSPS) is 14.3. The van der Waals surface area contributed by atoms with E-state index in [1.165, 1.54) is 16.8 Å².